The highest BCUT2D eigenvalue weighted by Crippen LogP contribution is 2.00. The van der Waals surface area contributed by atoms with Crippen molar-refractivity contribution in [2.24, 2.45) is 5.73 Å². The summed E-state index contributed by atoms with van der Waals surface area (Å²) in [5.41, 5.74) is 4.73. The minimum absolute atomic E-state index is 0.456. The zero-order valence-corrected chi connectivity index (χ0v) is 11.2. The number of carboxylic acid groups (broad SMARTS) is 1. The van der Waals surface area contributed by atoms with Crippen LogP contribution in [0.1, 0.15) is 13.8 Å². The lowest BCUT2D eigenvalue weighted by Gasteiger charge is -2.15. The molecule has 0 aliphatic carbocycles. The van der Waals surface area contributed by atoms with Crippen molar-refractivity contribution < 1.29 is 28.5 Å². The Bertz CT molecular complexity index is 424. The summed E-state index contributed by atoms with van der Waals surface area (Å²) in [6.07, 6.45) is 0. The van der Waals surface area contributed by atoms with Gasteiger partial charge in [-0.3, -0.25) is 19.1 Å². The second-order valence-electron chi connectivity index (χ2n) is 3.63. The molecule has 0 aromatic carbocycles. The normalized spacial score (nSPS) is 14.8. The van der Waals surface area contributed by atoms with Gasteiger partial charge in [0, 0.05) is 17.7 Å². The molecule has 108 valence electrons. The van der Waals surface area contributed by atoms with Gasteiger partial charge in [0.1, 0.15) is 11.3 Å². The lowest BCUT2D eigenvalue weighted by molar-refractivity contribution is -0.140. The predicted octanol–water partition coefficient (Wildman–Crippen LogP) is -2.09. The Morgan fingerprint density at radius 2 is 1.84 bits per heavy atom. The van der Waals surface area contributed by atoms with E-state index in [0.29, 0.717) is 0 Å². The van der Waals surface area contributed by atoms with Crippen LogP contribution < -0.4 is 16.4 Å². The van der Waals surface area contributed by atoms with Crippen molar-refractivity contribution in [1.29, 1.82) is 0 Å². The summed E-state index contributed by atoms with van der Waals surface area (Å²) in [7, 11) is -1.89. The minimum Gasteiger partial charge on any atom is -0.480 e. The van der Waals surface area contributed by atoms with Gasteiger partial charge in [-0.05, 0) is 6.92 Å². The van der Waals surface area contributed by atoms with Crippen LogP contribution in [0.4, 0.5) is 4.79 Å². The molecule has 4 amide bonds. The van der Waals surface area contributed by atoms with Gasteiger partial charge in [-0.25, -0.2) is 9.59 Å². The molecule has 0 saturated heterocycles. The molecule has 0 aromatic heterocycles. The lowest BCUT2D eigenvalue weighted by atomic mass is 10.3. The van der Waals surface area contributed by atoms with Crippen molar-refractivity contribution in [3.8, 4) is 0 Å². The number of nitrogens with two attached hydrogens (primary N) is 1. The molecule has 0 fully saturated rings. The smallest absolute Gasteiger partial charge is 0.327 e. The van der Waals surface area contributed by atoms with E-state index >= 15 is 0 Å². The van der Waals surface area contributed by atoms with Crippen LogP contribution in [0.15, 0.2) is 0 Å². The van der Waals surface area contributed by atoms with E-state index < -0.39 is 51.7 Å². The number of carbonyl (C=O) groups excluding carboxylic acids is 3. The van der Waals surface area contributed by atoms with Crippen LogP contribution in [0.3, 0.4) is 0 Å². The minimum atomic E-state index is -1.89. The summed E-state index contributed by atoms with van der Waals surface area (Å²) in [6, 6.07) is -2.47. The summed E-state index contributed by atoms with van der Waals surface area (Å²) < 4.78 is 11.7. The molecule has 0 bridgehead atoms. The Labute approximate surface area is 111 Å². The van der Waals surface area contributed by atoms with Crippen LogP contribution in [0, 0.1) is 0 Å². The monoisotopic (exact) mass is 293 g/mol. The average molecular weight is 293 g/mol. The maximum absolute atomic E-state index is 11.7. The van der Waals surface area contributed by atoms with Crippen molar-refractivity contribution in [2.45, 2.75) is 25.1 Å². The van der Waals surface area contributed by atoms with Gasteiger partial charge in [0.15, 0.2) is 0 Å². The number of carbonyl (C=O) groups is 4. The Morgan fingerprint density at radius 3 is 2.21 bits per heavy atom. The molecular weight excluding hydrogens is 278 g/mol. The fraction of sp³-hybridized carbons (Fsp3) is 0.556. The maximum Gasteiger partial charge on any atom is 0.327 e. The average Bonchev–Trinajstić information content (AvgIpc) is 2.25. The number of carboxylic acids is 1. The Hall–Kier alpha value is -1.97. The van der Waals surface area contributed by atoms with Crippen molar-refractivity contribution in [1.82, 2.24) is 10.6 Å². The molecule has 0 aliphatic rings. The Kier molecular flexibility index (Phi) is 6.69. The third kappa shape index (κ3) is 6.50. The third-order valence-electron chi connectivity index (χ3n) is 2.02. The Morgan fingerprint density at radius 1 is 1.32 bits per heavy atom. The predicted molar refractivity (Wildman–Crippen MR) is 65.4 cm³/mol. The van der Waals surface area contributed by atoms with Crippen LogP contribution in [-0.2, 0) is 25.2 Å². The van der Waals surface area contributed by atoms with Crippen molar-refractivity contribution in [2.75, 3.05) is 5.75 Å². The first-order chi connectivity index (χ1) is 8.65. The van der Waals surface area contributed by atoms with E-state index in [0.717, 1.165) is 6.92 Å². The van der Waals surface area contributed by atoms with Crippen molar-refractivity contribution >= 4 is 34.6 Å². The van der Waals surface area contributed by atoms with Crippen LogP contribution in [0.2, 0.25) is 0 Å². The molecule has 2 unspecified atom stereocenters. The second kappa shape index (κ2) is 7.46. The molecule has 0 aromatic rings. The SMILES string of the molecule is CC(=O)N[C@@H](CS(=O)C(C)C(=O)NC(N)=O)C(=O)O. The molecule has 0 rings (SSSR count). The molecule has 0 spiro atoms. The highest BCUT2D eigenvalue weighted by Gasteiger charge is 2.27. The zero-order valence-electron chi connectivity index (χ0n) is 10.3. The summed E-state index contributed by atoms with van der Waals surface area (Å²) in [5, 5.41) is 11.5. The van der Waals surface area contributed by atoms with Gasteiger partial charge >= 0.3 is 12.0 Å². The van der Waals surface area contributed by atoms with E-state index in [1.54, 1.807) is 5.32 Å². The molecule has 3 atom stereocenters. The summed E-state index contributed by atoms with van der Waals surface area (Å²) in [4.78, 5) is 43.4. The van der Waals surface area contributed by atoms with E-state index in [4.69, 9.17) is 10.8 Å². The van der Waals surface area contributed by atoms with Crippen LogP contribution in [0.25, 0.3) is 0 Å². The van der Waals surface area contributed by atoms with Crippen molar-refractivity contribution in [3.05, 3.63) is 0 Å². The summed E-state index contributed by atoms with van der Waals surface area (Å²) in [5.74, 6) is -3.30. The molecule has 10 heteroatoms. The van der Waals surface area contributed by atoms with E-state index in [1.807, 2.05) is 0 Å². The third-order valence-corrected chi connectivity index (χ3v) is 3.68. The maximum atomic E-state index is 11.7. The molecule has 9 nitrogen and oxygen atoms in total. The topological polar surface area (TPSA) is 156 Å². The molecule has 0 aliphatic heterocycles. The fourth-order valence-electron chi connectivity index (χ4n) is 1.07. The number of primary amides is 1. The van der Waals surface area contributed by atoms with Crippen LogP contribution >= 0.6 is 0 Å². The van der Waals surface area contributed by atoms with E-state index in [1.165, 1.54) is 6.92 Å². The number of amides is 4. The fourth-order valence-corrected chi connectivity index (χ4v) is 2.21. The highest BCUT2D eigenvalue weighted by atomic mass is 32.2. The summed E-state index contributed by atoms with van der Waals surface area (Å²) >= 11 is 0. The molecule has 19 heavy (non-hydrogen) atoms. The van der Waals surface area contributed by atoms with Crippen LogP contribution in [0.5, 0.6) is 0 Å². The molecule has 0 saturated carbocycles. The quantitative estimate of drug-likeness (QED) is 0.440. The Balaban J connectivity index is 4.63. The molecular formula is C9H15N3O6S. The highest BCUT2D eigenvalue weighted by molar-refractivity contribution is 7.86. The number of hydrogen-bond acceptors (Lipinski definition) is 5. The largest absolute Gasteiger partial charge is 0.480 e. The number of urea groups is 1. The van der Waals surface area contributed by atoms with E-state index in [-0.39, 0.29) is 0 Å². The van der Waals surface area contributed by atoms with Gasteiger partial charge in [0.25, 0.3) is 0 Å². The molecule has 5 N–H and O–H groups in total. The number of rotatable bonds is 6. The van der Waals surface area contributed by atoms with Gasteiger partial charge in [-0.2, -0.15) is 0 Å². The number of hydrogen-bond donors (Lipinski definition) is 4. The second-order valence-corrected chi connectivity index (χ2v) is 5.44. The lowest BCUT2D eigenvalue weighted by Crippen LogP contribution is -2.47. The number of nitrogens with one attached hydrogen (secondary N) is 2. The van der Waals surface area contributed by atoms with Gasteiger partial charge in [-0.1, -0.05) is 0 Å². The molecule has 0 heterocycles. The number of aliphatic carboxylic acids is 1. The van der Waals surface area contributed by atoms with Gasteiger partial charge in [-0.15, -0.1) is 0 Å². The zero-order chi connectivity index (χ0) is 15.2. The first-order valence-electron chi connectivity index (χ1n) is 5.12. The van der Waals surface area contributed by atoms with E-state index in [9.17, 15) is 23.4 Å². The standard InChI is InChI=1S/C9H15N3O6S/c1-4(7(14)12-9(10)17)19(18)3-6(8(15)16)11-5(2)13/h4,6H,3H2,1-2H3,(H,11,13)(H,15,16)(H3,10,12,14,17)/t4?,6-,19?/m0/s1. The van der Waals surface area contributed by atoms with Crippen LogP contribution in [-0.4, -0.2) is 50.2 Å². The summed E-state index contributed by atoms with van der Waals surface area (Å²) in [6.45, 7) is 2.36. The number of imide groups is 1. The van der Waals surface area contributed by atoms with Gasteiger partial charge in [0.2, 0.25) is 11.8 Å². The first kappa shape index (κ1) is 17.0. The van der Waals surface area contributed by atoms with Gasteiger partial charge in [0.05, 0.1) is 5.75 Å². The van der Waals surface area contributed by atoms with Crippen molar-refractivity contribution in [3.63, 3.8) is 0 Å². The van der Waals surface area contributed by atoms with Gasteiger partial charge < -0.3 is 16.2 Å². The van der Waals surface area contributed by atoms with E-state index in [2.05, 4.69) is 5.32 Å². The molecule has 0 radical (unpaired) electrons. The first-order valence-corrected chi connectivity index (χ1v) is 6.50.